The molecule has 16 nitrogen and oxygen atoms in total. The van der Waals surface area contributed by atoms with E-state index in [1.807, 2.05) is 140 Å². The summed E-state index contributed by atoms with van der Waals surface area (Å²) in [6.07, 6.45) is 5.61. The van der Waals surface area contributed by atoms with E-state index in [0.29, 0.717) is 29.4 Å². The minimum absolute atomic E-state index is 0.576. The van der Waals surface area contributed by atoms with Gasteiger partial charge < -0.3 is 13.7 Å². The Morgan fingerprint density at radius 3 is 0.700 bits per heavy atom. The zero-order valence-electron chi connectivity index (χ0n) is 80.8. The fourth-order valence-corrected chi connectivity index (χ4v) is 21.7. The zero-order valence-corrected chi connectivity index (χ0v) is 80.8. The first-order valence-electron chi connectivity index (χ1n) is 50.2. The molecule has 0 radical (unpaired) electrons. The Morgan fingerprint density at radius 1 is 0.133 bits per heavy atom. The quantitative estimate of drug-likeness (QED) is 0.0967. The maximum atomic E-state index is 5.23. The second kappa shape index (κ2) is 37.0. The molecule has 702 valence electrons. The van der Waals surface area contributed by atoms with Crippen molar-refractivity contribution in [3.8, 4) is 136 Å². The summed E-state index contributed by atoms with van der Waals surface area (Å²) in [5.41, 5.74) is 34.6. The molecule has 0 atom stereocenters. The van der Waals surface area contributed by atoms with Gasteiger partial charge >= 0.3 is 0 Å². The summed E-state index contributed by atoms with van der Waals surface area (Å²) < 4.78 is 13.6. The van der Waals surface area contributed by atoms with Crippen LogP contribution >= 0.6 is 0 Å². The van der Waals surface area contributed by atoms with Crippen LogP contribution in [0.25, 0.3) is 267 Å². The fourth-order valence-electron chi connectivity index (χ4n) is 21.7. The van der Waals surface area contributed by atoms with Gasteiger partial charge in [-0.1, -0.05) is 346 Å². The Labute approximate surface area is 860 Å². The van der Waals surface area contributed by atoms with Gasteiger partial charge in [0.2, 0.25) is 11.9 Å². The molecule has 0 spiro atoms. The van der Waals surface area contributed by atoms with Gasteiger partial charge in [0.05, 0.1) is 99.8 Å². The summed E-state index contributed by atoms with van der Waals surface area (Å²) >= 11 is 0. The van der Waals surface area contributed by atoms with Crippen LogP contribution in [0.4, 0.5) is 0 Å². The van der Waals surface area contributed by atoms with Crippen molar-refractivity contribution in [3.05, 3.63) is 522 Å². The predicted octanol–water partition coefficient (Wildman–Crippen LogP) is 32.6. The van der Waals surface area contributed by atoms with Gasteiger partial charge in [-0.2, -0.15) is 9.97 Å². The lowest BCUT2D eigenvalue weighted by molar-refractivity contribution is 0.953. The van der Waals surface area contributed by atoms with Crippen LogP contribution in [-0.2, 0) is 0 Å². The van der Waals surface area contributed by atoms with Crippen LogP contribution in [0.1, 0.15) is 0 Å². The van der Waals surface area contributed by atoms with E-state index in [0.717, 1.165) is 227 Å². The van der Waals surface area contributed by atoms with Crippen molar-refractivity contribution in [2.75, 3.05) is 0 Å². The van der Waals surface area contributed by atoms with Gasteiger partial charge in [-0.3, -0.25) is 28.7 Å². The fraction of sp³-hybridized carbons (Fsp3) is 0. The standard InChI is InChI=1S/2C45H29N5.C44H28N6/c1-4-13-30(14-5-1)38-29-39(31-15-6-2-7-16-31)48-45(47-38)50-40-20-11-10-19-35(40)36-24-22-32(27-42(36)50)33-23-25-37-43(28-33)49(34-17-8-3-9-18-34)41-21-12-26-46-44(37)41;1-4-13-30(14-5-1)38-29-43(48-45(47-38)31-15-6-2-7-16-31)50-39-20-11-10-19-35(39)36-24-22-32(27-41(36)50)33-23-25-37-42(28-33)49(34-17-8-3-9-18-34)40-21-12-26-46-44(37)40;1-4-13-29(14-5-1)42-46-43(30-15-6-2-7-16-30)48-44(47-42)50-37-20-11-10-19-34(37)35-24-22-31(27-39(35)50)32-23-25-36-40(28-32)49(33-17-8-3-9-18-33)38-21-12-26-45-41(36)38/h2*1-29H;1-28H. The van der Waals surface area contributed by atoms with Crippen molar-refractivity contribution in [2.45, 2.75) is 0 Å². The SMILES string of the molecule is c1ccc(-c2cc(-c3ccccc3)nc(-n3c4ccccc4c4ccc(-c5ccc6c7ncccc7n(-c7ccccc7)c6c5)cc43)n2)cc1.c1ccc(-c2cc(-n3c4ccccc4c4ccc(-c5ccc6c7ncccc7n(-c7ccccc7)c6c5)cc43)nc(-c3ccccc3)n2)cc1.c1ccc(-c2nc(-c3ccccc3)nc(-n3c4ccccc4c4ccc(-c5ccc6c7ncccc7n(-c7ccccc7)c6c5)cc43)n2)cc1. The molecular formula is C134H86N16. The third-order valence-corrected chi connectivity index (χ3v) is 28.6. The maximum Gasteiger partial charge on any atom is 0.238 e. The second-order valence-corrected chi connectivity index (χ2v) is 37.4. The predicted molar refractivity (Wildman–Crippen MR) is 612 cm³/mol. The van der Waals surface area contributed by atoms with Gasteiger partial charge in [0.25, 0.3) is 0 Å². The number of benzene rings is 18. The molecule has 12 heterocycles. The van der Waals surface area contributed by atoms with E-state index in [2.05, 4.69) is 410 Å². The number of aromatic nitrogens is 16. The van der Waals surface area contributed by atoms with E-state index in [9.17, 15) is 0 Å². The Morgan fingerprint density at radius 2 is 0.373 bits per heavy atom. The molecule has 30 rings (SSSR count). The lowest BCUT2D eigenvalue weighted by atomic mass is 10.0. The van der Waals surface area contributed by atoms with Crippen LogP contribution in [0.15, 0.2) is 522 Å². The molecular weight excluding hydrogens is 1830 g/mol. The third-order valence-electron chi connectivity index (χ3n) is 28.6. The van der Waals surface area contributed by atoms with Crippen LogP contribution in [-0.4, -0.2) is 77.2 Å². The van der Waals surface area contributed by atoms with Crippen LogP contribution < -0.4 is 0 Å². The Bertz CT molecular complexity index is 9330. The first-order valence-corrected chi connectivity index (χ1v) is 50.2. The van der Waals surface area contributed by atoms with Gasteiger partial charge in [-0.05, 0) is 185 Å². The van der Waals surface area contributed by atoms with Crippen LogP contribution in [0.5, 0.6) is 0 Å². The highest BCUT2D eigenvalue weighted by Crippen LogP contribution is 2.45. The van der Waals surface area contributed by atoms with Gasteiger partial charge in [0.1, 0.15) is 5.82 Å². The molecule has 150 heavy (non-hydrogen) atoms. The smallest absolute Gasteiger partial charge is 0.238 e. The molecule has 0 aliphatic rings. The highest BCUT2D eigenvalue weighted by atomic mass is 15.2. The van der Waals surface area contributed by atoms with E-state index >= 15 is 0 Å². The Hall–Kier alpha value is -20.6. The van der Waals surface area contributed by atoms with E-state index in [1.165, 1.54) is 10.8 Å². The van der Waals surface area contributed by atoms with E-state index < -0.39 is 0 Å². The lowest BCUT2D eigenvalue weighted by Gasteiger charge is -2.13. The summed E-state index contributed by atoms with van der Waals surface area (Å²) in [6, 6.07) is 176. The molecule has 0 saturated heterocycles. The number of rotatable bonds is 15. The first kappa shape index (κ1) is 87.2. The van der Waals surface area contributed by atoms with Gasteiger partial charge in [0, 0.05) is 124 Å². The molecule has 12 aromatic heterocycles. The van der Waals surface area contributed by atoms with Crippen LogP contribution in [0.3, 0.4) is 0 Å². The van der Waals surface area contributed by atoms with Crippen molar-refractivity contribution in [1.29, 1.82) is 0 Å². The molecule has 18 aromatic carbocycles. The van der Waals surface area contributed by atoms with E-state index in [4.69, 9.17) is 49.8 Å². The van der Waals surface area contributed by atoms with Crippen LogP contribution in [0, 0.1) is 0 Å². The molecule has 16 heteroatoms. The van der Waals surface area contributed by atoms with Gasteiger partial charge in [-0.15, -0.1) is 0 Å². The van der Waals surface area contributed by atoms with E-state index in [1.54, 1.807) is 0 Å². The molecule has 0 bridgehead atoms. The summed E-state index contributed by atoms with van der Waals surface area (Å²) in [7, 11) is 0. The van der Waals surface area contributed by atoms with Crippen molar-refractivity contribution in [3.63, 3.8) is 0 Å². The van der Waals surface area contributed by atoms with Crippen molar-refractivity contribution >= 4 is 131 Å². The average molecular weight is 1920 g/mol. The maximum absolute atomic E-state index is 5.23. The number of nitrogens with zero attached hydrogens (tertiary/aromatic N) is 16. The highest BCUT2D eigenvalue weighted by molar-refractivity contribution is 6.16. The van der Waals surface area contributed by atoms with Crippen molar-refractivity contribution < 1.29 is 0 Å². The highest BCUT2D eigenvalue weighted by Gasteiger charge is 2.27. The number of para-hydroxylation sites is 6. The second-order valence-electron chi connectivity index (χ2n) is 37.4. The molecule has 30 aromatic rings. The number of fused-ring (bicyclic) bond motifs is 18. The minimum atomic E-state index is 0.576. The topological polar surface area (TPSA) is 158 Å². The van der Waals surface area contributed by atoms with Gasteiger partial charge in [0.15, 0.2) is 17.5 Å². The number of hydrogen-bond donors (Lipinski definition) is 0. The molecule has 0 fully saturated rings. The summed E-state index contributed by atoms with van der Waals surface area (Å²) in [5.74, 6) is 3.99. The molecule has 0 aliphatic heterocycles. The average Bonchev–Trinajstić information content (AvgIpc) is 1.59. The van der Waals surface area contributed by atoms with Crippen molar-refractivity contribution in [2.24, 2.45) is 0 Å². The largest absolute Gasteiger partial charge is 0.308 e. The Kier molecular flexibility index (Phi) is 21.5. The minimum Gasteiger partial charge on any atom is -0.308 e. The molecule has 0 amide bonds. The summed E-state index contributed by atoms with van der Waals surface area (Å²) in [5, 5.41) is 10.3. The lowest BCUT2D eigenvalue weighted by Crippen LogP contribution is -2.06. The monoisotopic (exact) mass is 1920 g/mol. The van der Waals surface area contributed by atoms with Crippen LogP contribution in [0.2, 0.25) is 0 Å². The van der Waals surface area contributed by atoms with Gasteiger partial charge in [-0.25, -0.2) is 24.9 Å². The van der Waals surface area contributed by atoms with E-state index in [-0.39, 0.29) is 0 Å². The first-order chi connectivity index (χ1) is 74.4. The number of pyridine rings is 3. The molecule has 0 N–H and O–H groups in total. The summed E-state index contributed by atoms with van der Waals surface area (Å²) in [6.45, 7) is 0. The molecule has 0 saturated carbocycles. The Balaban J connectivity index is 0.000000108. The normalized spacial score (nSPS) is 11.6. The van der Waals surface area contributed by atoms with Crippen molar-refractivity contribution in [1.82, 2.24) is 77.2 Å². The third kappa shape index (κ3) is 15.4. The molecule has 0 aliphatic carbocycles. The zero-order chi connectivity index (χ0) is 99.1. The molecule has 0 unspecified atom stereocenters. The summed E-state index contributed by atoms with van der Waals surface area (Å²) in [4.78, 5) is 50.3. The number of hydrogen-bond acceptors (Lipinski definition) is 10.